The number of aryl methyl sites for hydroxylation is 1. The molecule has 0 radical (unpaired) electrons. The van der Waals surface area contributed by atoms with Crippen LogP contribution in [0.15, 0.2) is 47.1 Å². The summed E-state index contributed by atoms with van der Waals surface area (Å²) in [5, 5.41) is 0. The molecule has 1 aromatic carbocycles. The molecule has 0 bridgehead atoms. The summed E-state index contributed by atoms with van der Waals surface area (Å²) in [5.41, 5.74) is 1.74. The molecule has 0 aliphatic heterocycles. The average molecular weight is 305 g/mol. The summed E-state index contributed by atoms with van der Waals surface area (Å²) < 4.78 is 0.933. The molecule has 92 valence electrons. The highest BCUT2D eigenvalue weighted by atomic mass is 79.9. The van der Waals surface area contributed by atoms with Crippen LogP contribution in [0.1, 0.15) is 15.9 Å². The van der Waals surface area contributed by atoms with Crippen molar-refractivity contribution in [2.24, 2.45) is 0 Å². The van der Waals surface area contributed by atoms with Gasteiger partial charge in [-0.1, -0.05) is 28.1 Å². The summed E-state index contributed by atoms with van der Waals surface area (Å²) in [6.45, 7) is 1.99. The van der Waals surface area contributed by atoms with Crippen molar-refractivity contribution in [1.82, 2.24) is 4.98 Å². The molecule has 1 aromatic heterocycles. The third kappa shape index (κ3) is 2.59. The van der Waals surface area contributed by atoms with Gasteiger partial charge >= 0.3 is 0 Å². The number of aromatic nitrogens is 1. The lowest BCUT2D eigenvalue weighted by Gasteiger charge is -2.16. The molecule has 0 atom stereocenters. The van der Waals surface area contributed by atoms with Gasteiger partial charge in [-0.3, -0.25) is 9.69 Å². The van der Waals surface area contributed by atoms with Crippen LogP contribution in [-0.2, 0) is 0 Å². The van der Waals surface area contributed by atoms with Crippen LogP contribution in [0.5, 0.6) is 0 Å². The molecule has 1 heterocycles. The van der Waals surface area contributed by atoms with Gasteiger partial charge in [0, 0.05) is 23.3 Å². The number of hydrogen-bond donors (Lipinski definition) is 0. The summed E-state index contributed by atoms with van der Waals surface area (Å²) in [7, 11) is 1.72. The van der Waals surface area contributed by atoms with Crippen LogP contribution in [0.2, 0.25) is 0 Å². The van der Waals surface area contributed by atoms with Gasteiger partial charge in [0.05, 0.1) is 0 Å². The number of carbonyl (C=O) groups excluding carboxylic acids is 1. The third-order valence-electron chi connectivity index (χ3n) is 2.72. The quantitative estimate of drug-likeness (QED) is 0.851. The van der Waals surface area contributed by atoms with Crippen LogP contribution >= 0.6 is 15.9 Å². The Morgan fingerprint density at radius 1 is 1.28 bits per heavy atom. The summed E-state index contributed by atoms with van der Waals surface area (Å²) in [6.07, 6.45) is 1.67. The van der Waals surface area contributed by atoms with E-state index in [1.807, 2.05) is 37.3 Å². The van der Waals surface area contributed by atoms with Crippen molar-refractivity contribution < 1.29 is 4.79 Å². The molecule has 3 nitrogen and oxygen atoms in total. The summed E-state index contributed by atoms with van der Waals surface area (Å²) >= 11 is 3.43. The maximum absolute atomic E-state index is 12.3. The van der Waals surface area contributed by atoms with Gasteiger partial charge in [-0.15, -0.1) is 0 Å². The number of hydrogen-bond acceptors (Lipinski definition) is 2. The molecule has 0 aliphatic rings. The molecular weight excluding hydrogens is 292 g/mol. The Hall–Kier alpha value is -1.68. The number of carbonyl (C=O) groups is 1. The van der Waals surface area contributed by atoms with Gasteiger partial charge in [0.2, 0.25) is 0 Å². The first-order valence-corrected chi connectivity index (χ1v) is 6.34. The Balaban J connectivity index is 2.29. The van der Waals surface area contributed by atoms with E-state index in [0.717, 1.165) is 10.0 Å². The van der Waals surface area contributed by atoms with E-state index in [1.165, 1.54) is 4.90 Å². The van der Waals surface area contributed by atoms with Crippen molar-refractivity contribution in [1.29, 1.82) is 0 Å². The molecule has 0 fully saturated rings. The van der Waals surface area contributed by atoms with Crippen molar-refractivity contribution in [2.75, 3.05) is 11.9 Å². The average Bonchev–Trinajstić information content (AvgIpc) is 2.41. The molecule has 0 aliphatic carbocycles. The van der Waals surface area contributed by atoms with Crippen LogP contribution in [0.3, 0.4) is 0 Å². The molecule has 0 unspecified atom stereocenters. The summed E-state index contributed by atoms with van der Waals surface area (Å²) in [5.74, 6) is 0.564. The molecule has 0 N–H and O–H groups in total. The van der Waals surface area contributed by atoms with Crippen molar-refractivity contribution in [3.8, 4) is 0 Å². The van der Waals surface area contributed by atoms with E-state index in [0.29, 0.717) is 11.4 Å². The molecule has 1 amide bonds. The molecule has 0 saturated carbocycles. The summed E-state index contributed by atoms with van der Waals surface area (Å²) in [4.78, 5) is 18.0. The lowest BCUT2D eigenvalue weighted by Crippen LogP contribution is -2.26. The van der Waals surface area contributed by atoms with Gasteiger partial charge in [-0.25, -0.2) is 4.98 Å². The normalized spacial score (nSPS) is 10.2. The molecule has 18 heavy (non-hydrogen) atoms. The van der Waals surface area contributed by atoms with Crippen LogP contribution < -0.4 is 4.90 Å². The van der Waals surface area contributed by atoms with Gasteiger partial charge in [-0.05, 0) is 36.8 Å². The zero-order valence-corrected chi connectivity index (χ0v) is 11.8. The minimum atomic E-state index is -0.0746. The zero-order valence-electron chi connectivity index (χ0n) is 10.2. The SMILES string of the molecule is Cc1ccc(C(=O)N(C)c2ccccn2)cc1Br. The molecular formula is C14H13BrN2O. The van der Waals surface area contributed by atoms with E-state index in [2.05, 4.69) is 20.9 Å². The largest absolute Gasteiger partial charge is 0.296 e. The number of rotatable bonds is 2. The fourth-order valence-electron chi connectivity index (χ4n) is 1.58. The Labute approximate surface area is 115 Å². The summed E-state index contributed by atoms with van der Waals surface area (Å²) in [6, 6.07) is 11.1. The molecule has 2 rings (SSSR count). The number of pyridine rings is 1. The Morgan fingerprint density at radius 2 is 2.06 bits per heavy atom. The topological polar surface area (TPSA) is 33.2 Å². The molecule has 0 spiro atoms. The van der Waals surface area contributed by atoms with Crippen molar-refractivity contribution in [2.45, 2.75) is 6.92 Å². The number of anilines is 1. The van der Waals surface area contributed by atoms with Crippen molar-refractivity contribution in [3.05, 3.63) is 58.2 Å². The monoisotopic (exact) mass is 304 g/mol. The highest BCUT2D eigenvalue weighted by Crippen LogP contribution is 2.19. The van der Waals surface area contributed by atoms with Crippen LogP contribution in [0, 0.1) is 6.92 Å². The molecule has 4 heteroatoms. The Kier molecular flexibility index (Phi) is 3.77. The maximum Gasteiger partial charge on any atom is 0.259 e. The van der Waals surface area contributed by atoms with Gasteiger partial charge in [0.25, 0.3) is 5.91 Å². The molecule has 2 aromatic rings. The fourth-order valence-corrected chi connectivity index (χ4v) is 1.95. The van der Waals surface area contributed by atoms with E-state index in [-0.39, 0.29) is 5.91 Å². The number of amides is 1. The highest BCUT2D eigenvalue weighted by Gasteiger charge is 2.14. The van der Waals surface area contributed by atoms with E-state index in [9.17, 15) is 4.79 Å². The number of benzene rings is 1. The minimum Gasteiger partial charge on any atom is -0.296 e. The number of nitrogens with zero attached hydrogens (tertiary/aromatic N) is 2. The lowest BCUT2D eigenvalue weighted by atomic mass is 10.1. The predicted octanol–water partition coefficient (Wildman–Crippen LogP) is 3.43. The smallest absolute Gasteiger partial charge is 0.259 e. The Bertz CT molecular complexity index is 569. The zero-order chi connectivity index (χ0) is 13.1. The first-order valence-electron chi connectivity index (χ1n) is 5.55. The van der Waals surface area contributed by atoms with Gasteiger partial charge < -0.3 is 0 Å². The minimum absolute atomic E-state index is 0.0746. The third-order valence-corrected chi connectivity index (χ3v) is 3.57. The highest BCUT2D eigenvalue weighted by molar-refractivity contribution is 9.10. The standard InChI is InChI=1S/C14H13BrN2O/c1-10-6-7-11(9-12(10)15)14(18)17(2)13-5-3-4-8-16-13/h3-9H,1-2H3. The fraction of sp³-hybridized carbons (Fsp3) is 0.143. The van der Waals surface area contributed by atoms with Gasteiger partial charge in [0.15, 0.2) is 0 Å². The van der Waals surface area contributed by atoms with Crippen LogP contribution in [0.25, 0.3) is 0 Å². The second-order valence-electron chi connectivity index (χ2n) is 4.02. The van der Waals surface area contributed by atoms with E-state index in [1.54, 1.807) is 19.3 Å². The lowest BCUT2D eigenvalue weighted by molar-refractivity contribution is 0.0992. The van der Waals surface area contributed by atoms with E-state index in [4.69, 9.17) is 0 Å². The van der Waals surface area contributed by atoms with E-state index >= 15 is 0 Å². The van der Waals surface area contributed by atoms with Crippen LogP contribution in [0.4, 0.5) is 5.82 Å². The van der Waals surface area contributed by atoms with E-state index < -0.39 is 0 Å². The second kappa shape index (κ2) is 5.31. The number of halogens is 1. The first kappa shape index (κ1) is 12.8. The second-order valence-corrected chi connectivity index (χ2v) is 4.87. The Morgan fingerprint density at radius 3 is 2.67 bits per heavy atom. The van der Waals surface area contributed by atoms with Crippen molar-refractivity contribution >= 4 is 27.7 Å². The molecule has 0 saturated heterocycles. The van der Waals surface area contributed by atoms with Crippen LogP contribution in [-0.4, -0.2) is 17.9 Å². The van der Waals surface area contributed by atoms with Gasteiger partial charge in [-0.2, -0.15) is 0 Å². The van der Waals surface area contributed by atoms with Crippen molar-refractivity contribution in [3.63, 3.8) is 0 Å². The maximum atomic E-state index is 12.3. The predicted molar refractivity (Wildman–Crippen MR) is 75.8 cm³/mol. The van der Waals surface area contributed by atoms with Gasteiger partial charge in [0.1, 0.15) is 5.82 Å². The first-order chi connectivity index (χ1) is 8.59.